The highest BCUT2D eigenvalue weighted by atomic mass is 16.5. The van der Waals surface area contributed by atoms with Crippen LogP contribution in [-0.2, 0) is 22.6 Å². The molecule has 1 aromatic carbocycles. The fraction of sp³-hybridized carbons (Fsp3) is 0.353. The molecule has 0 spiro atoms. The summed E-state index contributed by atoms with van der Waals surface area (Å²) in [5.74, 6) is -0.231. The minimum atomic E-state index is -0.348. The van der Waals surface area contributed by atoms with Gasteiger partial charge in [-0.05, 0) is 18.1 Å². The monoisotopic (exact) mass is 330 g/mol. The average Bonchev–Trinajstić information content (AvgIpc) is 2.60. The third-order valence-corrected chi connectivity index (χ3v) is 3.23. The van der Waals surface area contributed by atoms with Crippen molar-refractivity contribution in [3.8, 4) is 0 Å². The lowest BCUT2D eigenvalue weighted by Gasteiger charge is -2.08. The lowest BCUT2D eigenvalue weighted by atomic mass is 10.1. The molecule has 0 aliphatic rings. The summed E-state index contributed by atoms with van der Waals surface area (Å²) in [5, 5.41) is 2.79. The van der Waals surface area contributed by atoms with Gasteiger partial charge in [0.25, 0.3) is 5.91 Å². The fourth-order valence-corrected chi connectivity index (χ4v) is 2.07. The average molecular weight is 330 g/mol. The molecule has 2 aromatic rings. The van der Waals surface area contributed by atoms with Gasteiger partial charge in [0, 0.05) is 25.5 Å². The van der Waals surface area contributed by atoms with Crippen LogP contribution in [0.15, 0.2) is 36.7 Å². The van der Waals surface area contributed by atoms with Gasteiger partial charge in [-0.15, -0.1) is 0 Å². The SMILES string of the molecule is CCOCCOCc1cccc(CNC(=O)c2nccnc2N)c1. The molecular formula is C17H22N4O3. The maximum absolute atomic E-state index is 12.1. The number of nitrogen functional groups attached to an aromatic ring is 1. The predicted octanol–water partition coefficient (Wildman–Crippen LogP) is 1.54. The Hall–Kier alpha value is -2.51. The van der Waals surface area contributed by atoms with Crippen molar-refractivity contribution in [2.45, 2.75) is 20.1 Å². The number of anilines is 1. The first kappa shape index (κ1) is 17.8. The van der Waals surface area contributed by atoms with Crippen LogP contribution < -0.4 is 11.1 Å². The van der Waals surface area contributed by atoms with Gasteiger partial charge in [0.2, 0.25) is 0 Å². The van der Waals surface area contributed by atoms with E-state index in [0.29, 0.717) is 33.0 Å². The minimum absolute atomic E-state index is 0.117. The van der Waals surface area contributed by atoms with Gasteiger partial charge in [0.1, 0.15) is 0 Å². The zero-order valence-corrected chi connectivity index (χ0v) is 13.7. The Labute approximate surface area is 141 Å². The van der Waals surface area contributed by atoms with Crippen LogP contribution in [0.2, 0.25) is 0 Å². The maximum atomic E-state index is 12.1. The van der Waals surface area contributed by atoms with Crippen LogP contribution in [-0.4, -0.2) is 35.7 Å². The molecule has 0 unspecified atom stereocenters. The number of benzene rings is 1. The van der Waals surface area contributed by atoms with Crippen LogP contribution in [0.1, 0.15) is 28.5 Å². The topological polar surface area (TPSA) is 99.4 Å². The van der Waals surface area contributed by atoms with Crippen molar-refractivity contribution >= 4 is 11.7 Å². The Bertz CT molecular complexity index is 664. The molecule has 1 heterocycles. The van der Waals surface area contributed by atoms with Gasteiger partial charge in [-0.1, -0.05) is 24.3 Å². The van der Waals surface area contributed by atoms with E-state index in [2.05, 4.69) is 15.3 Å². The first-order valence-electron chi connectivity index (χ1n) is 7.78. The van der Waals surface area contributed by atoms with E-state index < -0.39 is 0 Å². The van der Waals surface area contributed by atoms with Gasteiger partial charge < -0.3 is 20.5 Å². The Balaban J connectivity index is 1.83. The molecule has 1 aromatic heterocycles. The number of hydrogen-bond donors (Lipinski definition) is 2. The molecule has 0 radical (unpaired) electrons. The van der Waals surface area contributed by atoms with E-state index in [1.165, 1.54) is 12.4 Å². The predicted molar refractivity (Wildman–Crippen MR) is 90.2 cm³/mol. The van der Waals surface area contributed by atoms with E-state index in [4.69, 9.17) is 15.2 Å². The largest absolute Gasteiger partial charge is 0.382 e. The highest BCUT2D eigenvalue weighted by Crippen LogP contribution is 2.08. The third kappa shape index (κ3) is 5.60. The molecule has 0 aliphatic heterocycles. The van der Waals surface area contributed by atoms with E-state index in [-0.39, 0.29) is 17.4 Å². The van der Waals surface area contributed by atoms with Crippen LogP contribution in [0.5, 0.6) is 0 Å². The summed E-state index contributed by atoms with van der Waals surface area (Å²) in [4.78, 5) is 19.9. The molecule has 0 atom stereocenters. The Morgan fingerprint density at radius 1 is 1.17 bits per heavy atom. The number of nitrogens with zero attached hydrogens (tertiary/aromatic N) is 2. The maximum Gasteiger partial charge on any atom is 0.273 e. The Kier molecular flexibility index (Phi) is 7.13. The van der Waals surface area contributed by atoms with Gasteiger partial charge >= 0.3 is 0 Å². The number of rotatable bonds is 9. The number of carbonyl (C=O) groups excluding carboxylic acids is 1. The molecule has 0 saturated heterocycles. The van der Waals surface area contributed by atoms with Crippen LogP contribution in [0, 0.1) is 0 Å². The first-order chi connectivity index (χ1) is 11.7. The summed E-state index contributed by atoms with van der Waals surface area (Å²) < 4.78 is 10.8. The summed E-state index contributed by atoms with van der Waals surface area (Å²) in [6, 6.07) is 7.83. The molecule has 1 amide bonds. The molecule has 0 bridgehead atoms. The molecule has 128 valence electrons. The zero-order valence-electron chi connectivity index (χ0n) is 13.7. The first-order valence-corrected chi connectivity index (χ1v) is 7.78. The normalized spacial score (nSPS) is 10.5. The molecule has 24 heavy (non-hydrogen) atoms. The molecule has 0 aliphatic carbocycles. The summed E-state index contributed by atoms with van der Waals surface area (Å²) >= 11 is 0. The molecule has 0 saturated carbocycles. The number of nitrogens with one attached hydrogen (secondary N) is 1. The Morgan fingerprint density at radius 2 is 1.92 bits per heavy atom. The molecule has 3 N–H and O–H groups in total. The molecular weight excluding hydrogens is 308 g/mol. The van der Waals surface area contributed by atoms with Crippen molar-refractivity contribution in [2.24, 2.45) is 0 Å². The summed E-state index contributed by atoms with van der Waals surface area (Å²) in [6.45, 7) is 4.67. The minimum Gasteiger partial charge on any atom is -0.382 e. The number of ether oxygens (including phenoxy) is 2. The van der Waals surface area contributed by atoms with E-state index >= 15 is 0 Å². The summed E-state index contributed by atoms with van der Waals surface area (Å²) in [7, 11) is 0. The van der Waals surface area contributed by atoms with Crippen molar-refractivity contribution in [1.82, 2.24) is 15.3 Å². The second-order valence-electron chi connectivity index (χ2n) is 5.04. The van der Waals surface area contributed by atoms with Gasteiger partial charge in [0.15, 0.2) is 11.5 Å². The number of amides is 1. The number of aromatic nitrogens is 2. The van der Waals surface area contributed by atoms with Crippen molar-refractivity contribution in [2.75, 3.05) is 25.6 Å². The summed E-state index contributed by atoms with van der Waals surface area (Å²) in [5.41, 5.74) is 7.78. The lowest BCUT2D eigenvalue weighted by molar-refractivity contribution is 0.0453. The highest BCUT2D eigenvalue weighted by Gasteiger charge is 2.11. The number of carbonyl (C=O) groups is 1. The lowest BCUT2D eigenvalue weighted by Crippen LogP contribution is -2.25. The Morgan fingerprint density at radius 3 is 2.71 bits per heavy atom. The quantitative estimate of drug-likeness (QED) is 0.677. The molecule has 7 nitrogen and oxygen atoms in total. The van der Waals surface area contributed by atoms with Crippen molar-refractivity contribution in [1.29, 1.82) is 0 Å². The van der Waals surface area contributed by atoms with E-state index in [0.717, 1.165) is 11.1 Å². The molecule has 0 fully saturated rings. The van der Waals surface area contributed by atoms with Crippen molar-refractivity contribution < 1.29 is 14.3 Å². The van der Waals surface area contributed by atoms with Gasteiger partial charge in [-0.25, -0.2) is 9.97 Å². The van der Waals surface area contributed by atoms with Gasteiger partial charge in [-0.2, -0.15) is 0 Å². The second kappa shape index (κ2) is 9.59. The molecule has 2 rings (SSSR count). The van der Waals surface area contributed by atoms with Crippen molar-refractivity contribution in [3.05, 3.63) is 53.5 Å². The highest BCUT2D eigenvalue weighted by molar-refractivity contribution is 5.96. The smallest absolute Gasteiger partial charge is 0.273 e. The summed E-state index contributed by atoms with van der Waals surface area (Å²) in [6.07, 6.45) is 2.88. The van der Waals surface area contributed by atoms with Crippen LogP contribution in [0.3, 0.4) is 0 Å². The van der Waals surface area contributed by atoms with E-state index in [1.807, 2.05) is 31.2 Å². The van der Waals surface area contributed by atoms with E-state index in [1.54, 1.807) is 0 Å². The van der Waals surface area contributed by atoms with Gasteiger partial charge in [0.05, 0.1) is 19.8 Å². The second-order valence-corrected chi connectivity index (χ2v) is 5.04. The van der Waals surface area contributed by atoms with Crippen LogP contribution in [0.4, 0.5) is 5.82 Å². The van der Waals surface area contributed by atoms with Gasteiger partial charge in [-0.3, -0.25) is 4.79 Å². The molecule has 7 heteroatoms. The van der Waals surface area contributed by atoms with Crippen molar-refractivity contribution in [3.63, 3.8) is 0 Å². The van der Waals surface area contributed by atoms with E-state index in [9.17, 15) is 4.79 Å². The standard InChI is InChI=1S/C17H22N4O3/c1-2-23-8-9-24-12-14-5-3-4-13(10-14)11-21-17(22)15-16(18)20-7-6-19-15/h3-7,10H,2,8-9,11-12H2,1H3,(H2,18,20)(H,21,22). The third-order valence-electron chi connectivity index (χ3n) is 3.23. The number of nitrogens with two attached hydrogens (primary N) is 1. The van der Waals surface area contributed by atoms with Crippen LogP contribution in [0.25, 0.3) is 0 Å². The zero-order chi connectivity index (χ0) is 17.2. The van der Waals surface area contributed by atoms with Crippen LogP contribution >= 0.6 is 0 Å². The fourth-order valence-electron chi connectivity index (χ4n) is 2.07. The number of hydrogen-bond acceptors (Lipinski definition) is 6.